The molecule has 0 saturated carbocycles. The van der Waals surface area contributed by atoms with Crippen LogP contribution in [0.1, 0.15) is 48.1 Å². The number of hydrogen-bond donors (Lipinski definition) is 0. The summed E-state index contributed by atoms with van der Waals surface area (Å²) in [6.07, 6.45) is 7.21. The summed E-state index contributed by atoms with van der Waals surface area (Å²) in [5, 5.41) is 0.787. The largest absolute Gasteiger partial charge is 0.342 e. The van der Waals surface area contributed by atoms with Crippen molar-refractivity contribution in [2.75, 3.05) is 33.7 Å². The lowest BCUT2D eigenvalue weighted by Gasteiger charge is -2.30. The number of benzene rings is 1. The van der Waals surface area contributed by atoms with Crippen LogP contribution in [0, 0.1) is 0 Å². The Hall–Kier alpha value is -2.17. The van der Waals surface area contributed by atoms with E-state index in [-0.39, 0.29) is 5.91 Å². The summed E-state index contributed by atoms with van der Waals surface area (Å²) in [7, 11) is 4.10. The SMILES string of the molecule is CN(C)CCCC(=O)N1CCC(=C2c3ccc(Cl)cc3CCc3cccnc32)CC1. The highest BCUT2D eigenvalue weighted by Crippen LogP contribution is 2.38. The minimum Gasteiger partial charge on any atom is -0.342 e. The Morgan fingerprint density at radius 3 is 2.63 bits per heavy atom. The normalized spacial score (nSPS) is 16.3. The highest BCUT2D eigenvalue weighted by atomic mass is 35.5. The van der Waals surface area contributed by atoms with Crippen molar-refractivity contribution in [3.63, 3.8) is 0 Å². The predicted molar refractivity (Wildman–Crippen MR) is 123 cm³/mol. The number of pyridine rings is 1. The van der Waals surface area contributed by atoms with Crippen LogP contribution in [0.15, 0.2) is 42.1 Å². The van der Waals surface area contributed by atoms with Gasteiger partial charge in [0.25, 0.3) is 0 Å². The third kappa shape index (κ3) is 4.60. The summed E-state index contributed by atoms with van der Waals surface area (Å²) in [6, 6.07) is 10.5. The van der Waals surface area contributed by atoms with Gasteiger partial charge in [-0.25, -0.2) is 0 Å². The van der Waals surface area contributed by atoms with Gasteiger partial charge in [-0.1, -0.05) is 29.3 Å². The highest BCUT2D eigenvalue weighted by molar-refractivity contribution is 6.30. The molecule has 0 bridgehead atoms. The molecule has 0 spiro atoms. The number of carbonyl (C=O) groups excluding carboxylic acids is 1. The van der Waals surface area contributed by atoms with Crippen LogP contribution in [0.2, 0.25) is 5.02 Å². The van der Waals surface area contributed by atoms with E-state index in [9.17, 15) is 4.79 Å². The fourth-order valence-electron chi connectivity index (χ4n) is 4.61. The average molecular weight is 424 g/mol. The Morgan fingerprint density at radius 2 is 1.87 bits per heavy atom. The second-order valence-corrected chi connectivity index (χ2v) is 9.02. The third-order valence-electron chi connectivity index (χ3n) is 6.20. The third-order valence-corrected chi connectivity index (χ3v) is 6.43. The molecule has 1 saturated heterocycles. The van der Waals surface area contributed by atoms with Gasteiger partial charge in [0.1, 0.15) is 0 Å². The minimum atomic E-state index is 0.285. The monoisotopic (exact) mass is 423 g/mol. The van der Waals surface area contributed by atoms with Gasteiger partial charge in [0.2, 0.25) is 5.91 Å². The highest BCUT2D eigenvalue weighted by Gasteiger charge is 2.26. The van der Waals surface area contributed by atoms with E-state index < -0.39 is 0 Å². The molecule has 1 amide bonds. The second kappa shape index (κ2) is 9.32. The van der Waals surface area contributed by atoms with Gasteiger partial charge in [0, 0.05) is 36.3 Å². The van der Waals surface area contributed by atoms with Gasteiger partial charge in [-0.2, -0.15) is 0 Å². The fraction of sp³-hybridized carbons (Fsp3) is 0.440. The topological polar surface area (TPSA) is 36.4 Å². The molecule has 30 heavy (non-hydrogen) atoms. The zero-order chi connectivity index (χ0) is 21.1. The van der Waals surface area contributed by atoms with Crippen molar-refractivity contribution in [2.24, 2.45) is 0 Å². The van der Waals surface area contributed by atoms with Crippen molar-refractivity contribution >= 4 is 23.1 Å². The maximum atomic E-state index is 12.6. The maximum Gasteiger partial charge on any atom is 0.222 e. The molecule has 1 aliphatic carbocycles. The molecule has 2 aliphatic rings. The zero-order valence-corrected chi connectivity index (χ0v) is 18.7. The smallest absolute Gasteiger partial charge is 0.222 e. The van der Waals surface area contributed by atoms with E-state index in [0.717, 1.165) is 62.5 Å². The molecule has 158 valence electrons. The Kier molecular flexibility index (Phi) is 6.55. The van der Waals surface area contributed by atoms with Crippen molar-refractivity contribution in [2.45, 2.75) is 38.5 Å². The number of halogens is 1. The molecule has 2 heterocycles. The lowest BCUT2D eigenvalue weighted by Crippen LogP contribution is -2.36. The van der Waals surface area contributed by atoms with E-state index >= 15 is 0 Å². The predicted octanol–water partition coefficient (Wildman–Crippen LogP) is 4.60. The first kappa shape index (κ1) is 21.1. The molecule has 0 atom stereocenters. The van der Waals surface area contributed by atoms with Gasteiger partial charge in [0.15, 0.2) is 0 Å². The van der Waals surface area contributed by atoms with Crippen LogP contribution in [0.25, 0.3) is 5.57 Å². The maximum absolute atomic E-state index is 12.6. The lowest BCUT2D eigenvalue weighted by molar-refractivity contribution is -0.131. The quantitative estimate of drug-likeness (QED) is 0.721. The Bertz CT molecular complexity index is 957. The first-order valence-electron chi connectivity index (χ1n) is 10.9. The molecular weight excluding hydrogens is 394 g/mol. The number of hydrogen-bond acceptors (Lipinski definition) is 3. The lowest BCUT2D eigenvalue weighted by atomic mass is 9.88. The van der Waals surface area contributed by atoms with Crippen molar-refractivity contribution in [1.82, 2.24) is 14.8 Å². The van der Waals surface area contributed by atoms with Crippen LogP contribution in [0.4, 0.5) is 0 Å². The van der Waals surface area contributed by atoms with E-state index in [1.165, 1.54) is 27.8 Å². The van der Waals surface area contributed by atoms with E-state index in [4.69, 9.17) is 16.6 Å². The number of rotatable bonds is 4. The van der Waals surface area contributed by atoms with E-state index in [1.807, 2.05) is 37.3 Å². The summed E-state index contributed by atoms with van der Waals surface area (Å²) < 4.78 is 0. The summed E-state index contributed by atoms with van der Waals surface area (Å²) in [4.78, 5) is 21.6. The number of aromatic nitrogens is 1. The van der Waals surface area contributed by atoms with Crippen LogP contribution < -0.4 is 0 Å². The summed E-state index contributed by atoms with van der Waals surface area (Å²) in [5.74, 6) is 0.285. The molecule has 4 rings (SSSR count). The Morgan fingerprint density at radius 1 is 1.10 bits per heavy atom. The number of piperidine rings is 1. The van der Waals surface area contributed by atoms with E-state index in [0.29, 0.717) is 6.42 Å². The summed E-state index contributed by atoms with van der Waals surface area (Å²) >= 11 is 6.31. The van der Waals surface area contributed by atoms with Crippen molar-refractivity contribution < 1.29 is 4.79 Å². The van der Waals surface area contributed by atoms with Gasteiger partial charge in [-0.3, -0.25) is 9.78 Å². The van der Waals surface area contributed by atoms with Crippen molar-refractivity contribution in [3.05, 3.63) is 69.5 Å². The first-order valence-corrected chi connectivity index (χ1v) is 11.3. The molecule has 5 heteroatoms. The van der Waals surface area contributed by atoms with Gasteiger partial charge in [-0.05, 0) is 87.6 Å². The molecule has 1 fully saturated rings. The fourth-order valence-corrected chi connectivity index (χ4v) is 4.81. The van der Waals surface area contributed by atoms with Gasteiger partial charge in [-0.15, -0.1) is 0 Å². The van der Waals surface area contributed by atoms with E-state index in [1.54, 1.807) is 0 Å². The van der Waals surface area contributed by atoms with Crippen LogP contribution >= 0.6 is 11.6 Å². The molecule has 1 aromatic carbocycles. The van der Waals surface area contributed by atoms with Crippen LogP contribution in [0.3, 0.4) is 0 Å². The molecule has 0 radical (unpaired) electrons. The van der Waals surface area contributed by atoms with Gasteiger partial charge < -0.3 is 9.80 Å². The molecule has 1 aliphatic heterocycles. The van der Waals surface area contributed by atoms with Crippen LogP contribution in [-0.2, 0) is 17.6 Å². The minimum absolute atomic E-state index is 0.285. The Labute approximate surface area is 184 Å². The number of fused-ring (bicyclic) bond motifs is 2. The van der Waals surface area contributed by atoms with Crippen molar-refractivity contribution in [1.29, 1.82) is 0 Å². The second-order valence-electron chi connectivity index (χ2n) is 8.58. The van der Waals surface area contributed by atoms with Crippen LogP contribution in [-0.4, -0.2) is 54.4 Å². The van der Waals surface area contributed by atoms with Crippen molar-refractivity contribution in [3.8, 4) is 0 Å². The molecule has 4 nitrogen and oxygen atoms in total. The summed E-state index contributed by atoms with van der Waals surface area (Å²) in [5.41, 5.74) is 7.66. The molecule has 0 N–H and O–H groups in total. The molecule has 0 unspecified atom stereocenters. The zero-order valence-electron chi connectivity index (χ0n) is 18.0. The Balaban J connectivity index is 1.60. The number of carbonyl (C=O) groups is 1. The number of aryl methyl sites for hydroxylation is 2. The van der Waals surface area contributed by atoms with E-state index in [2.05, 4.69) is 23.1 Å². The average Bonchev–Trinajstić information content (AvgIpc) is 2.90. The standard InChI is InChI=1S/C25H30ClN3O/c1-28(2)14-4-6-23(30)29-15-11-18(12-16-29)24-22-10-9-21(26)17-20(22)8-7-19-5-3-13-27-25(19)24/h3,5,9-10,13,17H,4,6-8,11-12,14-16H2,1-2H3. The van der Waals surface area contributed by atoms with Gasteiger partial charge in [0.05, 0.1) is 5.69 Å². The number of nitrogens with zero attached hydrogens (tertiary/aromatic N) is 3. The number of amides is 1. The molecule has 1 aromatic heterocycles. The molecular formula is C25H30ClN3O. The summed E-state index contributed by atoms with van der Waals surface area (Å²) in [6.45, 7) is 2.55. The number of likely N-dealkylation sites (tertiary alicyclic amines) is 1. The van der Waals surface area contributed by atoms with Crippen LogP contribution in [0.5, 0.6) is 0 Å². The van der Waals surface area contributed by atoms with Gasteiger partial charge >= 0.3 is 0 Å². The molecule has 2 aromatic rings. The first-order chi connectivity index (χ1) is 14.5.